The van der Waals surface area contributed by atoms with Crippen LogP contribution in [0.5, 0.6) is 0 Å². The number of fused-ring (bicyclic) bond motifs is 1. The zero-order valence-corrected chi connectivity index (χ0v) is 8.21. The van der Waals surface area contributed by atoms with Gasteiger partial charge in [0.2, 0.25) is 0 Å². The van der Waals surface area contributed by atoms with Crippen molar-refractivity contribution >= 4 is 11.6 Å². The Morgan fingerprint density at radius 3 is 3.08 bits per heavy atom. The normalized spacial score (nSPS) is 27.0. The zero-order chi connectivity index (χ0) is 9.42. The molecule has 0 radical (unpaired) electrons. The third-order valence-electron chi connectivity index (χ3n) is 2.47. The lowest BCUT2D eigenvalue weighted by Gasteiger charge is -2.28. The molecule has 0 amide bonds. The highest BCUT2D eigenvalue weighted by Crippen LogP contribution is 2.29. The van der Waals surface area contributed by atoms with Crippen LogP contribution >= 0.6 is 11.6 Å². The molecular formula is C10H12ClNO. The van der Waals surface area contributed by atoms with Gasteiger partial charge in [0.15, 0.2) is 0 Å². The van der Waals surface area contributed by atoms with E-state index < -0.39 is 0 Å². The van der Waals surface area contributed by atoms with Gasteiger partial charge in [0.25, 0.3) is 0 Å². The molecule has 13 heavy (non-hydrogen) atoms. The number of benzene rings is 1. The minimum atomic E-state index is -0.0533. The SMILES string of the molecule is C[C@@H]1OCc2ccc(Cl)cc2C1N. The van der Waals surface area contributed by atoms with Crippen LogP contribution in [-0.4, -0.2) is 6.10 Å². The summed E-state index contributed by atoms with van der Waals surface area (Å²) in [4.78, 5) is 0. The van der Waals surface area contributed by atoms with E-state index in [1.165, 1.54) is 0 Å². The summed E-state index contributed by atoms with van der Waals surface area (Å²) in [5.74, 6) is 0. The molecule has 2 nitrogen and oxygen atoms in total. The first kappa shape index (κ1) is 9.00. The molecule has 0 saturated heterocycles. The van der Waals surface area contributed by atoms with Crippen molar-refractivity contribution < 1.29 is 4.74 Å². The maximum Gasteiger partial charge on any atom is 0.0744 e. The molecule has 0 aromatic heterocycles. The van der Waals surface area contributed by atoms with Gasteiger partial charge in [0, 0.05) is 5.02 Å². The van der Waals surface area contributed by atoms with Crippen molar-refractivity contribution in [1.29, 1.82) is 0 Å². The van der Waals surface area contributed by atoms with Crippen molar-refractivity contribution in [3.8, 4) is 0 Å². The van der Waals surface area contributed by atoms with Gasteiger partial charge in [-0.2, -0.15) is 0 Å². The molecule has 1 aliphatic rings. The van der Waals surface area contributed by atoms with Crippen LogP contribution in [-0.2, 0) is 11.3 Å². The minimum absolute atomic E-state index is 0.0533. The number of ether oxygens (including phenoxy) is 1. The van der Waals surface area contributed by atoms with Gasteiger partial charge in [-0.05, 0) is 30.2 Å². The third kappa shape index (κ3) is 1.57. The van der Waals surface area contributed by atoms with Gasteiger partial charge >= 0.3 is 0 Å². The van der Waals surface area contributed by atoms with E-state index in [9.17, 15) is 0 Å². The largest absolute Gasteiger partial charge is 0.372 e. The van der Waals surface area contributed by atoms with E-state index in [2.05, 4.69) is 0 Å². The van der Waals surface area contributed by atoms with Gasteiger partial charge < -0.3 is 10.5 Å². The fourth-order valence-corrected chi connectivity index (χ4v) is 1.77. The van der Waals surface area contributed by atoms with Gasteiger partial charge in [-0.3, -0.25) is 0 Å². The van der Waals surface area contributed by atoms with E-state index in [1.807, 2.05) is 25.1 Å². The highest BCUT2D eigenvalue weighted by Gasteiger charge is 2.23. The summed E-state index contributed by atoms with van der Waals surface area (Å²) in [6, 6.07) is 5.72. The first-order chi connectivity index (χ1) is 6.18. The lowest BCUT2D eigenvalue weighted by molar-refractivity contribution is 0.0214. The molecule has 0 fully saturated rings. The molecule has 2 rings (SSSR count). The maximum atomic E-state index is 5.98. The van der Waals surface area contributed by atoms with E-state index in [0.717, 1.165) is 16.1 Å². The van der Waals surface area contributed by atoms with E-state index in [1.54, 1.807) is 0 Å². The number of rotatable bonds is 0. The van der Waals surface area contributed by atoms with Crippen LogP contribution in [0.3, 0.4) is 0 Å². The smallest absolute Gasteiger partial charge is 0.0744 e. The average Bonchev–Trinajstić information content (AvgIpc) is 2.12. The second kappa shape index (κ2) is 3.29. The molecule has 0 aliphatic carbocycles. The van der Waals surface area contributed by atoms with Crippen LogP contribution < -0.4 is 5.73 Å². The van der Waals surface area contributed by atoms with E-state index in [0.29, 0.717) is 6.61 Å². The summed E-state index contributed by atoms with van der Waals surface area (Å²) in [5, 5.41) is 0.739. The Hall–Kier alpha value is -0.570. The lowest BCUT2D eigenvalue weighted by Crippen LogP contribution is -2.31. The van der Waals surface area contributed by atoms with E-state index in [-0.39, 0.29) is 12.1 Å². The summed E-state index contributed by atoms with van der Waals surface area (Å²) in [5.41, 5.74) is 8.24. The van der Waals surface area contributed by atoms with Crippen LogP contribution in [0.4, 0.5) is 0 Å². The average molecular weight is 198 g/mol. The fraction of sp³-hybridized carbons (Fsp3) is 0.400. The fourth-order valence-electron chi connectivity index (χ4n) is 1.59. The van der Waals surface area contributed by atoms with Gasteiger partial charge in [0.1, 0.15) is 0 Å². The van der Waals surface area contributed by atoms with Gasteiger partial charge in [-0.25, -0.2) is 0 Å². The quantitative estimate of drug-likeness (QED) is 0.693. The number of hydrogen-bond acceptors (Lipinski definition) is 2. The van der Waals surface area contributed by atoms with Gasteiger partial charge in [-0.15, -0.1) is 0 Å². The highest BCUT2D eigenvalue weighted by molar-refractivity contribution is 6.30. The van der Waals surface area contributed by atoms with Crippen LogP contribution in [0.15, 0.2) is 18.2 Å². The Kier molecular flexibility index (Phi) is 2.28. The van der Waals surface area contributed by atoms with Crippen molar-refractivity contribution in [2.24, 2.45) is 5.73 Å². The number of hydrogen-bond donors (Lipinski definition) is 1. The summed E-state index contributed by atoms with van der Waals surface area (Å²) >= 11 is 5.89. The van der Waals surface area contributed by atoms with Crippen LogP contribution in [0.25, 0.3) is 0 Å². The van der Waals surface area contributed by atoms with Crippen molar-refractivity contribution in [3.63, 3.8) is 0 Å². The maximum absolute atomic E-state index is 5.98. The molecule has 1 heterocycles. The standard InChI is InChI=1S/C10H12ClNO/c1-6-10(12)9-4-8(11)3-2-7(9)5-13-6/h2-4,6,10H,5,12H2,1H3/t6-,10?/m0/s1. The summed E-state index contributed by atoms with van der Waals surface area (Å²) in [6.45, 7) is 2.62. The summed E-state index contributed by atoms with van der Waals surface area (Å²) in [7, 11) is 0. The zero-order valence-electron chi connectivity index (χ0n) is 7.46. The predicted octanol–water partition coefficient (Wildman–Crippen LogP) is 2.26. The molecule has 3 heteroatoms. The van der Waals surface area contributed by atoms with Crippen molar-refractivity contribution in [3.05, 3.63) is 34.3 Å². The van der Waals surface area contributed by atoms with Crippen molar-refractivity contribution in [2.75, 3.05) is 0 Å². The second-order valence-electron chi connectivity index (χ2n) is 3.39. The Balaban J connectivity index is 2.45. The Labute approximate surface area is 82.6 Å². The van der Waals surface area contributed by atoms with Crippen LogP contribution in [0.1, 0.15) is 24.1 Å². The van der Waals surface area contributed by atoms with Gasteiger partial charge in [-0.1, -0.05) is 17.7 Å². The highest BCUT2D eigenvalue weighted by atomic mass is 35.5. The summed E-state index contributed by atoms with van der Waals surface area (Å²) < 4.78 is 5.49. The first-order valence-electron chi connectivity index (χ1n) is 4.34. The molecule has 2 atom stereocenters. The Morgan fingerprint density at radius 1 is 1.54 bits per heavy atom. The third-order valence-corrected chi connectivity index (χ3v) is 2.71. The Bertz CT molecular complexity index is 327. The number of nitrogens with two attached hydrogens (primary N) is 1. The molecule has 1 unspecified atom stereocenters. The Morgan fingerprint density at radius 2 is 2.31 bits per heavy atom. The molecular weight excluding hydrogens is 186 g/mol. The molecule has 1 aliphatic heterocycles. The monoisotopic (exact) mass is 197 g/mol. The first-order valence-corrected chi connectivity index (χ1v) is 4.72. The molecule has 70 valence electrons. The van der Waals surface area contributed by atoms with Crippen molar-refractivity contribution in [1.82, 2.24) is 0 Å². The van der Waals surface area contributed by atoms with Crippen LogP contribution in [0.2, 0.25) is 5.02 Å². The molecule has 0 bridgehead atoms. The molecule has 1 aromatic rings. The predicted molar refractivity (Wildman–Crippen MR) is 52.6 cm³/mol. The topological polar surface area (TPSA) is 35.2 Å². The van der Waals surface area contributed by atoms with Gasteiger partial charge in [0.05, 0.1) is 18.8 Å². The summed E-state index contributed by atoms with van der Waals surface area (Å²) in [6.07, 6.45) is 0.0750. The number of halogens is 1. The van der Waals surface area contributed by atoms with Crippen molar-refractivity contribution in [2.45, 2.75) is 25.7 Å². The van der Waals surface area contributed by atoms with E-state index in [4.69, 9.17) is 22.1 Å². The lowest BCUT2D eigenvalue weighted by atomic mass is 9.95. The van der Waals surface area contributed by atoms with E-state index >= 15 is 0 Å². The minimum Gasteiger partial charge on any atom is -0.372 e. The molecule has 0 spiro atoms. The molecule has 0 saturated carbocycles. The van der Waals surface area contributed by atoms with Crippen LogP contribution in [0, 0.1) is 0 Å². The second-order valence-corrected chi connectivity index (χ2v) is 3.82. The molecule has 2 N–H and O–H groups in total. The molecule has 1 aromatic carbocycles.